The van der Waals surface area contributed by atoms with Crippen molar-refractivity contribution < 1.29 is 29.2 Å². The Kier molecular flexibility index (Phi) is 8.42. The zero-order valence-corrected chi connectivity index (χ0v) is 19.7. The Morgan fingerprint density at radius 2 is 1.53 bits per heavy atom. The predicted octanol–water partition coefficient (Wildman–Crippen LogP) is 5.56. The van der Waals surface area contributed by atoms with Crippen molar-refractivity contribution >= 4 is 5.97 Å². The van der Waals surface area contributed by atoms with Crippen molar-refractivity contribution in [2.24, 2.45) is 0 Å². The van der Waals surface area contributed by atoms with Crippen molar-refractivity contribution in [2.45, 2.75) is 51.7 Å². The summed E-state index contributed by atoms with van der Waals surface area (Å²) in [5, 5.41) is 29.1. The van der Waals surface area contributed by atoms with Gasteiger partial charge in [-0.3, -0.25) is 4.79 Å². The molecule has 0 spiro atoms. The molecule has 0 saturated carbocycles. The second kappa shape index (κ2) is 11.3. The lowest BCUT2D eigenvalue weighted by molar-refractivity contribution is -0.139. The molecule has 34 heavy (non-hydrogen) atoms. The molecule has 0 radical (unpaired) electrons. The molecule has 0 fully saturated rings. The molecule has 0 aromatic heterocycles. The van der Waals surface area contributed by atoms with Crippen LogP contribution < -0.4 is 4.74 Å². The number of aliphatic hydroxyl groups is 2. The summed E-state index contributed by atoms with van der Waals surface area (Å²) in [5.74, 6) is -0.791. The largest absolute Gasteiger partial charge is 0.490 e. The van der Waals surface area contributed by atoms with Gasteiger partial charge in [0, 0.05) is 12.0 Å². The van der Waals surface area contributed by atoms with Crippen molar-refractivity contribution in [1.82, 2.24) is 0 Å². The fourth-order valence-electron chi connectivity index (χ4n) is 3.93. The van der Waals surface area contributed by atoms with Crippen molar-refractivity contribution in [3.8, 4) is 28.0 Å². The third-order valence-electron chi connectivity index (χ3n) is 5.68. The van der Waals surface area contributed by atoms with Gasteiger partial charge in [-0.1, -0.05) is 67.9 Å². The molecule has 3 aromatic rings. The number of carboxylic acids is 1. The Morgan fingerprint density at radius 1 is 0.912 bits per heavy atom. The topological polar surface area (TPSA) is 87.0 Å². The first-order valence-electron chi connectivity index (χ1n) is 11.4. The molecule has 0 aliphatic heterocycles. The molecule has 0 heterocycles. The van der Waals surface area contributed by atoms with Crippen LogP contribution in [-0.2, 0) is 4.79 Å². The van der Waals surface area contributed by atoms with Gasteiger partial charge in [0.15, 0.2) is 0 Å². The average molecular weight is 467 g/mol. The standard InChI is InChI=1S/C28H31FO5/c1-17(2)24-12-13-25(19-6-4-18(3)5-7-19)27(20-8-10-21(29)11-9-20)28(24)34-16-23(31)14-22(30)15-26(32)33/h4-13,17,22-23,30-31H,14-16H2,1-3H3,(H,32,33)/t22-,23+/m1/s1. The van der Waals surface area contributed by atoms with Gasteiger partial charge in [-0.05, 0) is 47.2 Å². The lowest BCUT2D eigenvalue weighted by atomic mass is 9.88. The highest BCUT2D eigenvalue weighted by atomic mass is 19.1. The average Bonchev–Trinajstić information content (AvgIpc) is 2.77. The number of ether oxygens (including phenoxy) is 1. The van der Waals surface area contributed by atoms with E-state index in [9.17, 15) is 19.4 Å². The van der Waals surface area contributed by atoms with Gasteiger partial charge >= 0.3 is 5.97 Å². The summed E-state index contributed by atoms with van der Waals surface area (Å²) in [6.45, 7) is 5.97. The minimum Gasteiger partial charge on any atom is -0.490 e. The Labute approximate surface area is 199 Å². The van der Waals surface area contributed by atoms with E-state index in [0.717, 1.165) is 33.4 Å². The Hall–Kier alpha value is -3.22. The summed E-state index contributed by atoms with van der Waals surface area (Å²) in [4.78, 5) is 10.8. The van der Waals surface area contributed by atoms with E-state index in [1.807, 2.05) is 57.2 Å². The monoisotopic (exact) mass is 466 g/mol. The van der Waals surface area contributed by atoms with Crippen LogP contribution >= 0.6 is 0 Å². The molecule has 0 amide bonds. The van der Waals surface area contributed by atoms with Gasteiger partial charge in [0.2, 0.25) is 0 Å². The van der Waals surface area contributed by atoms with E-state index in [2.05, 4.69) is 0 Å². The maximum Gasteiger partial charge on any atom is 0.305 e. The van der Waals surface area contributed by atoms with Gasteiger partial charge in [0.1, 0.15) is 18.2 Å². The number of aryl methyl sites for hydroxylation is 1. The van der Waals surface area contributed by atoms with E-state index in [1.165, 1.54) is 12.1 Å². The van der Waals surface area contributed by atoms with Gasteiger partial charge in [-0.25, -0.2) is 4.39 Å². The highest BCUT2D eigenvalue weighted by Gasteiger charge is 2.22. The molecule has 2 atom stereocenters. The summed E-state index contributed by atoms with van der Waals surface area (Å²) >= 11 is 0. The summed E-state index contributed by atoms with van der Waals surface area (Å²) in [5.41, 5.74) is 5.50. The molecule has 180 valence electrons. The molecule has 3 aromatic carbocycles. The first-order valence-corrected chi connectivity index (χ1v) is 11.4. The number of hydrogen-bond acceptors (Lipinski definition) is 4. The second-order valence-corrected chi connectivity index (χ2v) is 8.89. The van der Waals surface area contributed by atoms with Crippen LogP contribution in [0.5, 0.6) is 5.75 Å². The van der Waals surface area contributed by atoms with Crippen LogP contribution in [0.1, 0.15) is 43.7 Å². The summed E-state index contributed by atoms with van der Waals surface area (Å²) < 4.78 is 19.9. The van der Waals surface area contributed by atoms with Crippen LogP contribution in [0.15, 0.2) is 60.7 Å². The van der Waals surface area contributed by atoms with Crippen molar-refractivity contribution in [3.63, 3.8) is 0 Å². The Balaban J connectivity index is 2.06. The molecular formula is C28H31FO5. The number of hydrogen-bond donors (Lipinski definition) is 3. The minimum atomic E-state index is -1.17. The van der Waals surface area contributed by atoms with E-state index in [0.29, 0.717) is 5.75 Å². The van der Waals surface area contributed by atoms with Crippen molar-refractivity contribution in [3.05, 3.63) is 77.6 Å². The first kappa shape index (κ1) is 25.4. The fraction of sp³-hybridized carbons (Fsp3) is 0.321. The SMILES string of the molecule is Cc1ccc(-c2ccc(C(C)C)c(OC[C@@H](O)C[C@@H](O)CC(=O)O)c2-c2ccc(F)cc2)cc1. The van der Waals surface area contributed by atoms with Gasteiger partial charge in [0.25, 0.3) is 0 Å². The van der Waals surface area contributed by atoms with Crippen LogP contribution in [0.4, 0.5) is 4.39 Å². The first-order chi connectivity index (χ1) is 16.2. The number of carboxylic acid groups (broad SMARTS) is 1. The molecule has 0 saturated heterocycles. The van der Waals surface area contributed by atoms with E-state index in [4.69, 9.17) is 9.84 Å². The zero-order chi connectivity index (χ0) is 24.8. The maximum atomic E-state index is 13.7. The maximum absolute atomic E-state index is 13.7. The van der Waals surface area contributed by atoms with Crippen molar-refractivity contribution in [1.29, 1.82) is 0 Å². The van der Waals surface area contributed by atoms with Gasteiger partial charge in [-0.2, -0.15) is 0 Å². The summed E-state index contributed by atoms with van der Waals surface area (Å²) in [6, 6.07) is 18.3. The van der Waals surface area contributed by atoms with E-state index < -0.39 is 24.6 Å². The molecule has 0 aliphatic carbocycles. The van der Waals surface area contributed by atoms with Gasteiger partial charge in [0.05, 0.1) is 18.6 Å². The van der Waals surface area contributed by atoms with E-state index >= 15 is 0 Å². The van der Waals surface area contributed by atoms with Crippen LogP contribution in [0.2, 0.25) is 0 Å². The molecule has 5 nitrogen and oxygen atoms in total. The number of rotatable bonds is 10. The number of halogens is 1. The predicted molar refractivity (Wildman–Crippen MR) is 130 cm³/mol. The quantitative estimate of drug-likeness (QED) is 0.364. The third-order valence-corrected chi connectivity index (χ3v) is 5.68. The zero-order valence-electron chi connectivity index (χ0n) is 19.7. The Bertz CT molecular complexity index is 1110. The van der Waals surface area contributed by atoms with Crippen molar-refractivity contribution in [2.75, 3.05) is 6.61 Å². The van der Waals surface area contributed by atoms with Gasteiger partial charge < -0.3 is 20.1 Å². The fourth-order valence-corrected chi connectivity index (χ4v) is 3.93. The highest BCUT2D eigenvalue weighted by Crippen LogP contribution is 2.44. The van der Waals surface area contributed by atoms with Crippen LogP contribution in [0, 0.1) is 12.7 Å². The van der Waals surface area contributed by atoms with Crippen LogP contribution in [0.3, 0.4) is 0 Å². The molecule has 6 heteroatoms. The van der Waals surface area contributed by atoms with Crippen LogP contribution in [0.25, 0.3) is 22.3 Å². The smallest absolute Gasteiger partial charge is 0.305 e. The molecule has 0 bridgehead atoms. The molecule has 3 rings (SSSR count). The van der Waals surface area contributed by atoms with Gasteiger partial charge in [-0.15, -0.1) is 0 Å². The lowest BCUT2D eigenvalue weighted by Crippen LogP contribution is -2.26. The highest BCUT2D eigenvalue weighted by molar-refractivity contribution is 5.89. The number of carbonyl (C=O) groups is 1. The molecular weight excluding hydrogens is 435 g/mol. The second-order valence-electron chi connectivity index (χ2n) is 8.89. The van der Waals surface area contributed by atoms with E-state index in [1.54, 1.807) is 12.1 Å². The number of benzene rings is 3. The molecule has 0 unspecified atom stereocenters. The molecule has 0 aliphatic rings. The van der Waals surface area contributed by atoms with Crippen LogP contribution in [-0.4, -0.2) is 40.1 Å². The number of aliphatic hydroxyl groups excluding tert-OH is 2. The lowest BCUT2D eigenvalue weighted by Gasteiger charge is -2.23. The normalized spacial score (nSPS) is 13.0. The summed E-state index contributed by atoms with van der Waals surface area (Å²) in [6.07, 6.45) is -2.79. The minimum absolute atomic E-state index is 0.107. The summed E-state index contributed by atoms with van der Waals surface area (Å²) in [7, 11) is 0. The third kappa shape index (κ3) is 6.43. The Morgan fingerprint density at radius 3 is 2.12 bits per heavy atom. The van der Waals surface area contributed by atoms with E-state index in [-0.39, 0.29) is 24.8 Å². The number of aliphatic carboxylic acids is 1. The molecule has 3 N–H and O–H groups in total.